The van der Waals surface area contributed by atoms with Crippen LogP contribution in [0.25, 0.3) is 0 Å². The standard InChI is InChI=1S/C14H16F3N3O2S2/c1-9-7-12(10(2)23-9)24(21,22)20-6-5-19-13-8-11(3-4-18-13)14(15,16)17/h3-4,7-8,20H,5-6H2,1-2H3,(H,18,19). The first kappa shape index (κ1) is 18.7. The van der Waals surface area contributed by atoms with Gasteiger partial charge in [-0.1, -0.05) is 0 Å². The van der Waals surface area contributed by atoms with E-state index in [1.165, 1.54) is 11.3 Å². The molecule has 0 aliphatic rings. The van der Waals surface area contributed by atoms with Crippen LogP contribution in [-0.2, 0) is 16.2 Å². The summed E-state index contributed by atoms with van der Waals surface area (Å²) >= 11 is 1.38. The summed E-state index contributed by atoms with van der Waals surface area (Å²) in [5, 5.41) is 2.67. The lowest BCUT2D eigenvalue weighted by Gasteiger charge is -2.10. The van der Waals surface area contributed by atoms with Crippen molar-refractivity contribution in [1.82, 2.24) is 9.71 Å². The maximum atomic E-state index is 12.6. The molecule has 2 N–H and O–H groups in total. The number of halogens is 3. The molecule has 2 heterocycles. The number of aromatic nitrogens is 1. The van der Waals surface area contributed by atoms with E-state index in [1.807, 2.05) is 6.92 Å². The summed E-state index contributed by atoms with van der Waals surface area (Å²) in [7, 11) is -3.64. The number of anilines is 1. The van der Waals surface area contributed by atoms with Gasteiger partial charge in [-0.05, 0) is 32.0 Å². The second-order valence-corrected chi connectivity index (χ2v) is 8.23. The Bertz CT molecular complexity index is 817. The van der Waals surface area contributed by atoms with Gasteiger partial charge in [0.1, 0.15) is 5.82 Å². The summed E-state index contributed by atoms with van der Waals surface area (Å²) < 4.78 is 64.5. The Hall–Kier alpha value is -1.65. The number of nitrogens with one attached hydrogen (secondary N) is 2. The van der Waals surface area contributed by atoms with Crippen molar-refractivity contribution in [3.8, 4) is 0 Å². The monoisotopic (exact) mass is 379 g/mol. The molecule has 0 saturated carbocycles. The summed E-state index contributed by atoms with van der Waals surface area (Å²) in [6.07, 6.45) is -3.40. The minimum absolute atomic E-state index is 0.0224. The average Bonchev–Trinajstić information content (AvgIpc) is 2.83. The van der Waals surface area contributed by atoms with E-state index in [-0.39, 0.29) is 23.8 Å². The number of pyridine rings is 1. The molecule has 0 amide bonds. The lowest BCUT2D eigenvalue weighted by Crippen LogP contribution is -2.29. The number of thiophene rings is 1. The molecular weight excluding hydrogens is 363 g/mol. The topological polar surface area (TPSA) is 71.1 Å². The lowest BCUT2D eigenvalue weighted by atomic mass is 10.2. The van der Waals surface area contributed by atoms with Crippen molar-refractivity contribution in [3.05, 3.63) is 39.7 Å². The molecule has 0 aromatic carbocycles. The minimum Gasteiger partial charge on any atom is -0.369 e. The summed E-state index contributed by atoms with van der Waals surface area (Å²) in [4.78, 5) is 5.58. The average molecular weight is 379 g/mol. The van der Waals surface area contributed by atoms with E-state index < -0.39 is 21.8 Å². The van der Waals surface area contributed by atoms with Crippen molar-refractivity contribution in [2.75, 3.05) is 18.4 Å². The van der Waals surface area contributed by atoms with Crippen molar-refractivity contribution in [2.45, 2.75) is 24.9 Å². The fraction of sp³-hybridized carbons (Fsp3) is 0.357. The zero-order valence-electron chi connectivity index (χ0n) is 12.9. The van der Waals surface area contributed by atoms with Gasteiger partial charge in [0, 0.05) is 29.0 Å². The number of hydrogen-bond acceptors (Lipinski definition) is 5. The van der Waals surface area contributed by atoms with Crippen molar-refractivity contribution in [3.63, 3.8) is 0 Å². The van der Waals surface area contributed by atoms with Crippen LogP contribution in [0, 0.1) is 13.8 Å². The summed E-state index contributed by atoms with van der Waals surface area (Å²) in [6.45, 7) is 3.67. The number of aryl methyl sites for hydroxylation is 2. The van der Waals surface area contributed by atoms with Crippen LogP contribution in [0.3, 0.4) is 0 Å². The zero-order valence-corrected chi connectivity index (χ0v) is 14.6. The minimum atomic E-state index is -4.45. The van der Waals surface area contributed by atoms with Gasteiger partial charge in [-0.25, -0.2) is 18.1 Å². The molecule has 0 fully saturated rings. The van der Waals surface area contributed by atoms with Gasteiger partial charge in [-0.3, -0.25) is 0 Å². The Labute approximate surface area is 142 Å². The molecule has 0 bridgehead atoms. The first-order valence-corrected chi connectivity index (χ1v) is 9.23. The zero-order chi connectivity index (χ0) is 18.0. The molecule has 0 aliphatic heterocycles. The summed E-state index contributed by atoms with van der Waals surface area (Å²) in [6, 6.07) is 3.33. The molecule has 0 saturated heterocycles. The van der Waals surface area contributed by atoms with Crippen LogP contribution in [0.5, 0.6) is 0 Å². The van der Waals surface area contributed by atoms with E-state index in [0.717, 1.165) is 23.2 Å². The predicted molar refractivity (Wildman–Crippen MR) is 86.7 cm³/mol. The van der Waals surface area contributed by atoms with Crippen molar-refractivity contribution < 1.29 is 21.6 Å². The van der Waals surface area contributed by atoms with Gasteiger partial charge in [0.2, 0.25) is 10.0 Å². The molecule has 0 aliphatic carbocycles. The van der Waals surface area contributed by atoms with Gasteiger partial charge in [0.05, 0.1) is 10.5 Å². The molecule has 10 heteroatoms. The van der Waals surface area contributed by atoms with Crippen LogP contribution < -0.4 is 10.0 Å². The fourth-order valence-electron chi connectivity index (χ4n) is 2.03. The maximum absolute atomic E-state index is 12.6. The van der Waals surface area contributed by atoms with E-state index in [0.29, 0.717) is 4.88 Å². The second kappa shape index (κ2) is 7.08. The fourth-order valence-corrected chi connectivity index (χ4v) is 4.62. The highest BCUT2D eigenvalue weighted by molar-refractivity contribution is 7.89. The van der Waals surface area contributed by atoms with Crippen molar-refractivity contribution in [2.24, 2.45) is 0 Å². The Balaban J connectivity index is 1.92. The van der Waals surface area contributed by atoms with E-state index in [4.69, 9.17) is 0 Å². The third-order valence-corrected chi connectivity index (χ3v) is 5.78. The number of alkyl halides is 3. The van der Waals surface area contributed by atoms with Gasteiger partial charge in [0.25, 0.3) is 0 Å². The highest BCUT2D eigenvalue weighted by Crippen LogP contribution is 2.29. The van der Waals surface area contributed by atoms with Crippen molar-refractivity contribution in [1.29, 1.82) is 0 Å². The van der Waals surface area contributed by atoms with Crippen molar-refractivity contribution >= 4 is 27.2 Å². The molecule has 132 valence electrons. The first-order valence-electron chi connectivity index (χ1n) is 6.93. The van der Waals surface area contributed by atoms with Crippen LogP contribution in [0.15, 0.2) is 29.3 Å². The first-order chi connectivity index (χ1) is 11.1. The number of rotatable bonds is 6. The molecule has 2 aromatic heterocycles. The van der Waals surface area contributed by atoms with Crippen LogP contribution in [0.1, 0.15) is 15.3 Å². The molecule has 2 aromatic rings. The molecule has 0 spiro atoms. The number of nitrogens with zero attached hydrogens (tertiary/aromatic N) is 1. The molecule has 2 rings (SSSR count). The van der Waals surface area contributed by atoms with Crippen LogP contribution in [0.4, 0.5) is 19.0 Å². The third kappa shape index (κ3) is 4.68. The Morgan fingerprint density at radius 2 is 1.92 bits per heavy atom. The number of hydrogen-bond donors (Lipinski definition) is 2. The van der Waals surface area contributed by atoms with Gasteiger partial charge in [-0.2, -0.15) is 13.2 Å². The van der Waals surface area contributed by atoms with Gasteiger partial charge in [-0.15, -0.1) is 11.3 Å². The molecule has 0 radical (unpaired) electrons. The SMILES string of the molecule is Cc1cc(S(=O)(=O)NCCNc2cc(C(F)(F)F)ccn2)c(C)s1. The third-order valence-electron chi connectivity index (χ3n) is 3.10. The van der Waals surface area contributed by atoms with Gasteiger partial charge in [0.15, 0.2) is 0 Å². The largest absolute Gasteiger partial charge is 0.416 e. The van der Waals surface area contributed by atoms with E-state index in [1.54, 1.807) is 13.0 Å². The number of sulfonamides is 1. The van der Waals surface area contributed by atoms with Crippen LogP contribution >= 0.6 is 11.3 Å². The Morgan fingerprint density at radius 3 is 2.50 bits per heavy atom. The molecular formula is C14H16F3N3O2S2. The second-order valence-electron chi connectivity index (χ2n) is 5.03. The van der Waals surface area contributed by atoms with Gasteiger partial charge >= 0.3 is 6.18 Å². The van der Waals surface area contributed by atoms with E-state index in [2.05, 4.69) is 15.0 Å². The highest BCUT2D eigenvalue weighted by atomic mass is 32.2. The predicted octanol–water partition coefficient (Wildman–Crippen LogP) is 3.17. The lowest BCUT2D eigenvalue weighted by molar-refractivity contribution is -0.137. The molecule has 5 nitrogen and oxygen atoms in total. The van der Waals surface area contributed by atoms with E-state index >= 15 is 0 Å². The van der Waals surface area contributed by atoms with Crippen LogP contribution in [0.2, 0.25) is 0 Å². The Morgan fingerprint density at radius 1 is 1.21 bits per heavy atom. The normalized spacial score (nSPS) is 12.4. The highest BCUT2D eigenvalue weighted by Gasteiger charge is 2.30. The Kier molecular flexibility index (Phi) is 5.51. The summed E-state index contributed by atoms with van der Waals surface area (Å²) in [5.41, 5.74) is -0.815. The molecule has 0 unspecified atom stereocenters. The summed E-state index contributed by atoms with van der Waals surface area (Å²) in [5.74, 6) is 0.0339. The quantitative estimate of drug-likeness (QED) is 0.757. The smallest absolute Gasteiger partial charge is 0.369 e. The van der Waals surface area contributed by atoms with Gasteiger partial charge < -0.3 is 5.32 Å². The maximum Gasteiger partial charge on any atom is 0.416 e. The van der Waals surface area contributed by atoms with Crippen LogP contribution in [-0.4, -0.2) is 26.5 Å². The molecule has 24 heavy (non-hydrogen) atoms. The van der Waals surface area contributed by atoms with E-state index in [9.17, 15) is 21.6 Å². The molecule has 0 atom stereocenters.